The van der Waals surface area contributed by atoms with E-state index in [9.17, 15) is 13.2 Å². The molecular formula is C16H22O6S. The molecule has 1 aliphatic rings. The second kappa shape index (κ2) is 7.90. The molecule has 6 nitrogen and oxygen atoms in total. The lowest BCUT2D eigenvalue weighted by Gasteiger charge is -2.15. The summed E-state index contributed by atoms with van der Waals surface area (Å²) in [6, 6.07) is 6.39. The van der Waals surface area contributed by atoms with Crippen LogP contribution in [-0.2, 0) is 28.6 Å². The SMILES string of the molecule is COC(=O)C(CCOS(=O)(=O)c1ccc(C)cc1)OCC1CC1. The van der Waals surface area contributed by atoms with E-state index in [4.69, 9.17) is 8.92 Å². The largest absolute Gasteiger partial charge is 0.467 e. The molecule has 0 amide bonds. The number of hydrogen-bond donors (Lipinski definition) is 0. The Labute approximate surface area is 136 Å². The number of rotatable bonds is 9. The Bertz CT molecular complexity index is 618. The van der Waals surface area contributed by atoms with Crippen LogP contribution in [0.15, 0.2) is 29.2 Å². The Kier molecular flexibility index (Phi) is 6.15. The lowest BCUT2D eigenvalue weighted by molar-refractivity contribution is -0.155. The van der Waals surface area contributed by atoms with Crippen LogP contribution in [0.4, 0.5) is 0 Å². The zero-order chi connectivity index (χ0) is 16.9. The molecule has 0 saturated heterocycles. The van der Waals surface area contributed by atoms with Gasteiger partial charge < -0.3 is 9.47 Å². The first-order valence-corrected chi connectivity index (χ1v) is 8.98. The highest BCUT2D eigenvalue weighted by Crippen LogP contribution is 2.29. The lowest BCUT2D eigenvalue weighted by atomic mass is 10.2. The van der Waals surface area contributed by atoms with Gasteiger partial charge in [-0.15, -0.1) is 0 Å². The van der Waals surface area contributed by atoms with Crippen molar-refractivity contribution in [3.63, 3.8) is 0 Å². The first kappa shape index (κ1) is 17.9. The minimum atomic E-state index is -3.83. The summed E-state index contributed by atoms with van der Waals surface area (Å²) in [7, 11) is -2.55. The number of ether oxygens (including phenoxy) is 2. The molecular weight excluding hydrogens is 320 g/mol. The molecule has 1 aromatic carbocycles. The van der Waals surface area contributed by atoms with E-state index in [0.717, 1.165) is 18.4 Å². The molecule has 0 heterocycles. The highest BCUT2D eigenvalue weighted by molar-refractivity contribution is 7.86. The minimum absolute atomic E-state index is 0.0941. The average molecular weight is 342 g/mol. The van der Waals surface area contributed by atoms with Crippen LogP contribution in [-0.4, -0.2) is 40.8 Å². The van der Waals surface area contributed by atoms with Crippen molar-refractivity contribution in [1.82, 2.24) is 0 Å². The molecule has 1 unspecified atom stereocenters. The number of carbonyl (C=O) groups excluding carboxylic acids is 1. The smallest absolute Gasteiger partial charge is 0.335 e. The monoisotopic (exact) mass is 342 g/mol. The molecule has 0 spiro atoms. The summed E-state index contributed by atoms with van der Waals surface area (Å²) in [5.74, 6) is -0.0126. The second-order valence-corrected chi connectivity index (χ2v) is 7.28. The molecule has 1 aromatic rings. The van der Waals surface area contributed by atoms with Crippen molar-refractivity contribution in [1.29, 1.82) is 0 Å². The number of carbonyl (C=O) groups is 1. The molecule has 23 heavy (non-hydrogen) atoms. The zero-order valence-corrected chi connectivity index (χ0v) is 14.2. The van der Waals surface area contributed by atoms with Gasteiger partial charge >= 0.3 is 5.97 Å². The molecule has 1 fully saturated rings. The van der Waals surface area contributed by atoms with Gasteiger partial charge in [0.05, 0.1) is 25.2 Å². The van der Waals surface area contributed by atoms with Crippen molar-refractivity contribution >= 4 is 16.1 Å². The van der Waals surface area contributed by atoms with Gasteiger partial charge in [0.15, 0.2) is 6.10 Å². The van der Waals surface area contributed by atoms with Gasteiger partial charge in [0.25, 0.3) is 10.1 Å². The predicted molar refractivity (Wildman–Crippen MR) is 83.4 cm³/mol. The van der Waals surface area contributed by atoms with E-state index >= 15 is 0 Å². The summed E-state index contributed by atoms with van der Waals surface area (Å²) in [5, 5.41) is 0. The first-order chi connectivity index (χ1) is 10.9. The van der Waals surface area contributed by atoms with E-state index in [1.165, 1.54) is 19.2 Å². The van der Waals surface area contributed by atoms with Crippen molar-refractivity contribution in [2.45, 2.75) is 37.2 Å². The van der Waals surface area contributed by atoms with Crippen LogP contribution >= 0.6 is 0 Å². The predicted octanol–water partition coefficient (Wildman–Crippen LogP) is 2.06. The Balaban J connectivity index is 1.86. The normalized spacial score (nSPS) is 16.1. The van der Waals surface area contributed by atoms with Gasteiger partial charge in [-0.2, -0.15) is 8.42 Å². The Morgan fingerprint density at radius 3 is 2.48 bits per heavy atom. The summed E-state index contributed by atoms with van der Waals surface area (Å²) in [6.45, 7) is 2.22. The highest BCUT2D eigenvalue weighted by atomic mass is 32.2. The van der Waals surface area contributed by atoms with Gasteiger partial charge in [0.1, 0.15) is 0 Å². The number of esters is 1. The fourth-order valence-electron chi connectivity index (χ4n) is 1.98. The molecule has 2 rings (SSSR count). The van der Waals surface area contributed by atoms with Crippen LogP contribution in [0.1, 0.15) is 24.8 Å². The van der Waals surface area contributed by atoms with Crippen molar-refractivity contribution in [2.24, 2.45) is 5.92 Å². The molecule has 128 valence electrons. The van der Waals surface area contributed by atoms with Gasteiger partial charge in [0, 0.05) is 6.42 Å². The highest BCUT2D eigenvalue weighted by Gasteiger charge is 2.27. The maximum atomic E-state index is 12.1. The third-order valence-corrected chi connectivity index (χ3v) is 4.95. The van der Waals surface area contributed by atoms with E-state index in [0.29, 0.717) is 12.5 Å². The molecule has 1 atom stereocenters. The third kappa shape index (κ3) is 5.60. The maximum absolute atomic E-state index is 12.1. The fourth-order valence-corrected chi connectivity index (χ4v) is 2.90. The minimum Gasteiger partial charge on any atom is -0.467 e. The van der Waals surface area contributed by atoms with Crippen LogP contribution in [0.25, 0.3) is 0 Å². The third-order valence-electron chi connectivity index (χ3n) is 3.62. The summed E-state index contributed by atoms with van der Waals surface area (Å²) in [5.41, 5.74) is 0.961. The lowest BCUT2D eigenvalue weighted by Crippen LogP contribution is -2.28. The van der Waals surface area contributed by atoms with Gasteiger partial charge in [0.2, 0.25) is 0 Å². The van der Waals surface area contributed by atoms with E-state index in [1.54, 1.807) is 12.1 Å². The first-order valence-electron chi connectivity index (χ1n) is 7.58. The summed E-state index contributed by atoms with van der Waals surface area (Å²) in [6.07, 6.45) is 1.54. The zero-order valence-electron chi connectivity index (χ0n) is 13.4. The van der Waals surface area contributed by atoms with E-state index in [-0.39, 0.29) is 17.9 Å². The molecule has 0 bridgehead atoms. The van der Waals surface area contributed by atoms with Crippen molar-refractivity contribution in [3.05, 3.63) is 29.8 Å². The average Bonchev–Trinajstić information content (AvgIpc) is 3.34. The molecule has 0 N–H and O–H groups in total. The number of aryl methyl sites for hydroxylation is 1. The van der Waals surface area contributed by atoms with Gasteiger partial charge in [-0.05, 0) is 37.8 Å². The fraction of sp³-hybridized carbons (Fsp3) is 0.562. The number of methoxy groups -OCH3 is 1. The molecule has 0 aromatic heterocycles. The molecule has 1 aliphatic carbocycles. The molecule has 7 heteroatoms. The number of benzene rings is 1. The quantitative estimate of drug-likeness (QED) is 0.505. The van der Waals surface area contributed by atoms with Gasteiger partial charge in [-0.1, -0.05) is 17.7 Å². The van der Waals surface area contributed by atoms with E-state index < -0.39 is 22.2 Å². The summed E-state index contributed by atoms with van der Waals surface area (Å²) in [4.78, 5) is 11.7. The Hall–Kier alpha value is -1.44. The standard InChI is InChI=1S/C16H22O6S/c1-12-3-7-14(8-4-12)23(18,19)22-10-9-15(16(17)20-2)21-11-13-5-6-13/h3-4,7-8,13,15H,5-6,9-11H2,1-2H3. The maximum Gasteiger partial charge on any atom is 0.335 e. The van der Waals surface area contributed by atoms with Gasteiger partial charge in [-0.25, -0.2) is 4.79 Å². The van der Waals surface area contributed by atoms with Crippen LogP contribution in [0.2, 0.25) is 0 Å². The van der Waals surface area contributed by atoms with E-state index in [2.05, 4.69) is 4.74 Å². The summed E-state index contributed by atoms with van der Waals surface area (Å²) < 4.78 is 39.3. The topological polar surface area (TPSA) is 78.9 Å². The second-order valence-electron chi connectivity index (χ2n) is 5.67. The Morgan fingerprint density at radius 1 is 1.26 bits per heavy atom. The Morgan fingerprint density at radius 2 is 1.91 bits per heavy atom. The molecule has 0 aliphatic heterocycles. The molecule has 0 radical (unpaired) electrons. The van der Waals surface area contributed by atoms with Crippen molar-refractivity contribution in [2.75, 3.05) is 20.3 Å². The van der Waals surface area contributed by atoms with Crippen molar-refractivity contribution < 1.29 is 26.9 Å². The number of hydrogen-bond acceptors (Lipinski definition) is 6. The van der Waals surface area contributed by atoms with Crippen LogP contribution < -0.4 is 0 Å². The molecule has 1 saturated carbocycles. The van der Waals surface area contributed by atoms with Crippen LogP contribution in [0.3, 0.4) is 0 Å². The van der Waals surface area contributed by atoms with Crippen LogP contribution in [0, 0.1) is 12.8 Å². The van der Waals surface area contributed by atoms with Crippen LogP contribution in [0.5, 0.6) is 0 Å². The summed E-state index contributed by atoms with van der Waals surface area (Å²) >= 11 is 0. The van der Waals surface area contributed by atoms with Gasteiger partial charge in [-0.3, -0.25) is 4.18 Å². The van der Waals surface area contributed by atoms with E-state index in [1.807, 2.05) is 6.92 Å². The van der Waals surface area contributed by atoms with Crippen molar-refractivity contribution in [3.8, 4) is 0 Å².